The fourth-order valence-electron chi connectivity index (χ4n) is 4.85. The number of benzene rings is 3. The molecule has 0 amide bonds. The van der Waals surface area contributed by atoms with E-state index in [2.05, 4.69) is 4.90 Å². The predicted molar refractivity (Wildman–Crippen MR) is 139 cm³/mol. The van der Waals surface area contributed by atoms with Gasteiger partial charge in [0.05, 0.1) is 25.9 Å². The van der Waals surface area contributed by atoms with Gasteiger partial charge in [-0.15, -0.1) is 0 Å². The number of rotatable bonds is 7. The van der Waals surface area contributed by atoms with Crippen molar-refractivity contribution in [3.8, 4) is 5.75 Å². The van der Waals surface area contributed by atoms with Gasteiger partial charge in [-0.3, -0.25) is 0 Å². The van der Waals surface area contributed by atoms with Gasteiger partial charge in [-0.1, -0.05) is 60.7 Å². The van der Waals surface area contributed by atoms with Crippen LogP contribution in [0.2, 0.25) is 0 Å². The first-order valence-corrected chi connectivity index (χ1v) is 13.8. The molecule has 0 spiro atoms. The third kappa shape index (κ3) is 5.27. The summed E-state index contributed by atoms with van der Waals surface area (Å²) in [6.07, 6.45) is -0.181. The minimum absolute atomic E-state index is 0.152. The van der Waals surface area contributed by atoms with Crippen molar-refractivity contribution >= 4 is 15.7 Å². The highest BCUT2D eigenvalue weighted by Gasteiger charge is 2.38. The molecule has 2 heterocycles. The zero-order chi connectivity index (χ0) is 25.1. The highest BCUT2D eigenvalue weighted by molar-refractivity contribution is 7.89. The molecule has 0 aromatic heterocycles. The first-order valence-electron chi connectivity index (χ1n) is 12.3. The summed E-state index contributed by atoms with van der Waals surface area (Å²) in [5.41, 5.74) is 2.80. The first-order chi connectivity index (χ1) is 17.4. The number of fused-ring (bicyclic) bond motifs is 1. The molecule has 1 N–H and O–H groups in total. The summed E-state index contributed by atoms with van der Waals surface area (Å²) in [5, 5.41) is 9.97. The first kappa shape index (κ1) is 24.8. The van der Waals surface area contributed by atoms with Gasteiger partial charge in [0, 0.05) is 30.9 Å². The lowest BCUT2D eigenvalue weighted by atomic mass is 10.1. The van der Waals surface area contributed by atoms with Gasteiger partial charge >= 0.3 is 0 Å². The highest BCUT2D eigenvalue weighted by Crippen LogP contribution is 2.38. The summed E-state index contributed by atoms with van der Waals surface area (Å²) >= 11 is 0. The smallest absolute Gasteiger partial charge is 0.247 e. The molecule has 2 aliphatic heterocycles. The number of sulfonamides is 1. The van der Waals surface area contributed by atoms with Crippen molar-refractivity contribution in [3.63, 3.8) is 0 Å². The van der Waals surface area contributed by atoms with Gasteiger partial charge in [0.25, 0.3) is 0 Å². The van der Waals surface area contributed by atoms with Gasteiger partial charge in [-0.25, -0.2) is 8.42 Å². The maximum Gasteiger partial charge on any atom is 0.247 e. The summed E-state index contributed by atoms with van der Waals surface area (Å²) < 4.78 is 41.7. The second-order valence-electron chi connectivity index (χ2n) is 9.42. The predicted octanol–water partition coefficient (Wildman–Crippen LogP) is 3.99. The number of anilines is 1. The van der Waals surface area contributed by atoms with Crippen LogP contribution in [-0.2, 0) is 21.4 Å². The molecule has 3 aromatic rings. The number of aliphatic hydroxyl groups excluding tert-OH is 1. The maximum absolute atomic E-state index is 13.9. The Bertz CT molecular complexity index is 1270. The molecule has 1 fully saturated rings. The molecule has 1 saturated heterocycles. The standard InChI is InChI=1S/C28H32N2O5S/c1-21(23-10-6-3-7-11-23)30-18-26(20-34-19-22-8-4-2-5-9-22)35-27-16-24(29-15-14-25(31)17-29)12-13-28(27)36(30,32)33/h2-13,16,21,25-26,31H,14-15,17-20H2,1H3/t21-,25+,26+/m1/s1. The van der Waals surface area contributed by atoms with Crippen molar-refractivity contribution in [2.24, 2.45) is 0 Å². The van der Waals surface area contributed by atoms with E-state index in [0.717, 1.165) is 16.8 Å². The van der Waals surface area contributed by atoms with E-state index in [1.807, 2.05) is 67.6 Å². The lowest BCUT2D eigenvalue weighted by Crippen LogP contribution is -2.40. The Balaban J connectivity index is 1.45. The lowest BCUT2D eigenvalue weighted by molar-refractivity contribution is 0.0313. The molecule has 190 valence electrons. The van der Waals surface area contributed by atoms with Gasteiger partial charge in [-0.05, 0) is 36.6 Å². The van der Waals surface area contributed by atoms with Crippen molar-refractivity contribution in [3.05, 3.63) is 90.0 Å². The van der Waals surface area contributed by atoms with Crippen LogP contribution in [0.25, 0.3) is 0 Å². The van der Waals surface area contributed by atoms with Crippen molar-refractivity contribution in [1.82, 2.24) is 4.31 Å². The number of hydrogen-bond donors (Lipinski definition) is 1. The molecular weight excluding hydrogens is 476 g/mol. The lowest BCUT2D eigenvalue weighted by Gasteiger charge is -2.29. The van der Waals surface area contributed by atoms with E-state index < -0.39 is 16.1 Å². The third-order valence-electron chi connectivity index (χ3n) is 6.85. The molecule has 0 unspecified atom stereocenters. The molecule has 3 atom stereocenters. The van der Waals surface area contributed by atoms with E-state index in [4.69, 9.17) is 9.47 Å². The Labute approximate surface area is 212 Å². The number of β-amino-alcohol motifs (C(OH)–C–C–N with tert-alkyl or cyclic N) is 1. The fraction of sp³-hybridized carbons (Fsp3) is 0.357. The van der Waals surface area contributed by atoms with E-state index in [1.54, 1.807) is 18.2 Å². The molecule has 3 aromatic carbocycles. The third-order valence-corrected chi connectivity index (χ3v) is 8.82. The van der Waals surface area contributed by atoms with Gasteiger partial charge in [0.2, 0.25) is 10.0 Å². The average molecular weight is 509 g/mol. The Hall–Kier alpha value is -2.91. The van der Waals surface area contributed by atoms with Crippen LogP contribution in [0.5, 0.6) is 5.75 Å². The van der Waals surface area contributed by atoms with Crippen LogP contribution in [0.1, 0.15) is 30.5 Å². The quantitative estimate of drug-likeness (QED) is 0.520. The van der Waals surface area contributed by atoms with Crippen molar-refractivity contribution < 1.29 is 23.0 Å². The molecule has 0 radical (unpaired) electrons. The topological polar surface area (TPSA) is 79.3 Å². The summed E-state index contributed by atoms with van der Waals surface area (Å²) in [4.78, 5) is 2.20. The van der Waals surface area contributed by atoms with E-state index in [0.29, 0.717) is 31.9 Å². The van der Waals surface area contributed by atoms with Crippen molar-refractivity contribution in [2.45, 2.75) is 43.1 Å². The second kappa shape index (κ2) is 10.6. The Morgan fingerprint density at radius 2 is 1.75 bits per heavy atom. The Morgan fingerprint density at radius 3 is 2.44 bits per heavy atom. The molecular formula is C28H32N2O5S. The minimum atomic E-state index is -3.84. The van der Waals surface area contributed by atoms with Crippen LogP contribution < -0.4 is 9.64 Å². The second-order valence-corrected chi connectivity index (χ2v) is 11.3. The summed E-state index contributed by atoms with van der Waals surface area (Å²) in [7, 11) is -3.84. The summed E-state index contributed by atoms with van der Waals surface area (Å²) in [5.74, 6) is 0.324. The van der Waals surface area contributed by atoms with Crippen LogP contribution in [0.15, 0.2) is 83.8 Å². The molecule has 7 nitrogen and oxygen atoms in total. The fourth-order valence-corrected chi connectivity index (χ4v) is 6.60. The van der Waals surface area contributed by atoms with Crippen molar-refractivity contribution in [1.29, 1.82) is 0 Å². The largest absolute Gasteiger partial charge is 0.485 e. The van der Waals surface area contributed by atoms with E-state index in [1.165, 1.54) is 4.31 Å². The van der Waals surface area contributed by atoms with E-state index >= 15 is 0 Å². The number of nitrogens with zero attached hydrogens (tertiary/aromatic N) is 2. The molecule has 0 bridgehead atoms. The molecule has 8 heteroatoms. The van der Waals surface area contributed by atoms with Crippen LogP contribution in [0, 0.1) is 0 Å². The monoisotopic (exact) mass is 508 g/mol. The molecule has 2 aliphatic rings. The number of ether oxygens (including phenoxy) is 2. The van der Waals surface area contributed by atoms with Crippen molar-refractivity contribution in [2.75, 3.05) is 31.1 Å². The SMILES string of the molecule is C[C@H](c1ccccc1)N1C[C@@H](COCc2ccccc2)Oc2cc(N3CC[C@H](O)C3)ccc2S1(=O)=O. The molecule has 5 rings (SSSR count). The molecule has 0 saturated carbocycles. The van der Waals surface area contributed by atoms with Crippen LogP contribution >= 0.6 is 0 Å². The number of aliphatic hydroxyl groups is 1. The summed E-state index contributed by atoms with van der Waals surface area (Å²) in [6.45, 7) is 3.97. The van der Waals surface area contributed by atoms with Crippen LogP contribution in [0.4, 0.5) is 5.69 Å². The zero-order valence-electron chi connectivity index (χ0n) is 20.4. The average Bonchev–Trinajstić information content (AvgIpc) is 3.29. The van der Waals surface area contributed by atoms with Crippen LogP contribution in [-0.4, -0.2) is 56.3 Å². The summed E-state index contributed by atoms with van der Waals surface area (Å²) in [6, 6.07) is 24.3. The van der Waals surface area contributed by atoms with Gasteiger partial charge < -0.3 is 19.5 Å². The number of hydrogen-bond acceptors (Lipinski definition) is 6. The van der Waals surface area contributed by atoms with E-state index in [9.17, 15) is 13.5 Å². The molecule has 36 heavy (non-hydrogen) atoms. The van der Waals surface area contributed by atoms with E-state index in [-0.39, 0.29) is 30.2 Å². The zero-order valence-corrected chi connectivity index (χ0v) is 21.2. The molecule has 0 aliphatic carbocycles. The van der Waals surface area contributed by atoms with Crippen LogP contribution in [0.3, 0.4) is 0 Å². The highest BCUT2D eigenvalue weighted by atomic mass is 32.2. The Kier molecular flexibility index (Phi) is 7.29. The van der Waals surface area contributed by atoms with Gasteiger partial charge in [-0.2, -0.15) is 4.31 Å². The normalized spacial score (nSPS) is 22.4. The maximum atomic E-state index is 13.9. The van der Waals surface area contributed by atoms with Gasteiger partial charge in [0.15, 0.2) is 0 Å². The van der Waals surface area contributed by atoms with Gasteiger partial charge in [0.1, 0.15) is 16.7 Å². The Morgan fingerprint density at radius 1 is 1.03 bits per heavy atom. The minimum Gasteiger partial charge on any atom is -0.485 e.